The molecule has 0 radical (unpaired) electrons. The number of rotatable bonds is 4. The standard InChI is InChI=1S/C22H18O4S/c1-27(24,25)14-15-10-12-16(13-11-15)22(23)26-21-19-8-4-2-6-17(19)18-7-3-5-9-20(18)21/h2-13,21H,14H2,1H3. The molecule has 5 heteroatoms. The average molecular weight is 378 g/mol. The van der Waals surface area contributed by atoms with Crippen LogP contribution < -0.4 is 0 Å². The fourth-order valence-electron chi connectivity index (χ4n) is 3.45. The van der Waals surface area contributed by atoms with Gasteiger partial charge in [-0.05, 0) is 28.8 Å². The monoisotopic (exact) mass is 378 g/mol. The second-order valence-electron chi connectivity index (χ2n) is 6.73. The van der Waals surface area contributed by atoms with Crippen molar-refractivity contribution < 1.29 is 17.9 Å². The van der Waals surface area contributed by atoms with Crippen LogP contribution in [0.15, 0.2) is 72.8 Å². The molecule has 1 aliphatic carbocycles. The smallest absolute Gasteiger partial charge is 0.339 e. The lowest BCUT2D eigenvalue weighted by atomic mass is 10.1. The van der Waals surface area contributed by atoms with Crippen molar-refractivity contribution in [2.75, 3.05) is 6.26 Å². The van der Waals surface area contributed by atoms with E-state index in [0.29, 0.717) is 11.1 Å². The highest BCUT2D eigenvalue weighted by atomic mass is 32.2. The molecule has 27 heavy (non-hydrogen) atoms. The maximum absolute atomic E-state index is 12.7. The molecule has 0 spiro atoms. The summed E-state index contributed by atoms with van der Waals surface area (Å²) < 4.78 is 28.6. The Morgan fingerprint density at radius 3 is 1.89 bits per heavy atom. The molecule has 3 aromatic carbocycles. The summed E-state index contributed by atoms with van der Waals surface area (Å²) in [5.74, 6) is -0.483. The predicted octanol–water partition coefficient (Wildman–Crippen LogP) is 4.16. The molecule has 0 bridgehead atoms. The SMILES string of the molecule is CS(=O)(=O)Cc1ccc(C(=O)OC2c3ccccc3-c3ccccc32)cc1. The fourth-order valence-corrected chi connectivity index (χ4v) is 4.25. The zero-order valence-electron chi connectivity index (χ0n) is 14.8. The van der Waals surface area contributed by atoms with Gasteiger partial charge in [0.05, 0.1) is 11.3 Å². The molecular weight excluding hydrogens is 360 g/mol. The van der Waals surface area contributed by atoms with Gasteiger partial charge in [-0.25, -0.2) is 13.2 Å². The van der Waals surface area contributed by atoms with E-state index in [4.69, 9.17) is 4.74 Å². The van der Waals surface area contributed by atoms with Gasteiger partial charge in [0.1, 0.15) is 0 Å². The summed E-state index contributed by atoms with van der Waals surface area (Å²) in [7, 11) is -3.11. The van der Waals surface area contributed by atoms with Crippen LogP contribution in [0.3, 0.4) is 0 Å². The molecule has 0 atom stereocenters. The van der Waals surface area contributed by atoms with Crippen LogP contribution in [0, 0.1) is 0 Å². The lowest BCUT2D eigenvalue weighted by molar-refractivity contribution is 0.0386. The topological polar surface area (TPSA) is 60.4 Å². The van der Waals surface area contributed by atoms with Crippen molar-refractivity contribution in [1.29, 1.82) is 0 Å². The molecule has 0 unspecified atom stereocenters. The number of benzene rings is 3. The first-order valence-corrected chi connectivity index (χ1v) is 10.6. The first kappa shape index (κ1) is 17.5. The third-order valence-corrected chi connectivity index (χ3v) is 5.48. The van der Waals surface area contributed by atoms with Gasteiger partial charge in [-0.15, -0.1) is 0 Å². The highest BCUT2D eigenvalue weighted by molar-refractivity contribution is 7.89. The largest absolute Gasteiger partial charge is 0.449 e. The number of carbonyl (C=O) groups is 1. The number of esters is 1. The lowest BCUT2D eigenvalue weighted by Crippen LogP contribution is -2.11. The van der Waals surface area contributed by atoms with Gasteiger partial charge in [0.25, 0.3) is 0 Å². The van der Waals surface area contributed by atoms with E-state index in [-0.39, 0.29) is 5.75 Å². The summed E-state index contributed by atoms with van der Waals surface area (Å²) in [6.07, 6.45) is 0.741. The van der Waals surface area contributed by atoms with Gasteiger partial charge in [-0.3, -0.25) is 0 Å². The highest BCUT2D eigenvalue weighted by Gasteiger charge is 2.31. The van der Waals surface area contributed by atoms with Crippen molar-refractivity contribution in [3.8, 4) is 11.1 Å². The van der Waals surface area contributed by atoms with Gasteiger partial charge in [-0.1, -0.05) is 60.7 Å². The van der Waals surface area contributed by atoms with E-state index in [1.54, 1.807) is 24.3 Å². The molecule has 0 saturated carbocycles. The minimum Gasteiger partial charge on any atom is -0.449 e. The van der Waals surface area contributed by atoms with Crippen LogP contribution in [0.1, 0.15) is 33.2 Å². The van der Waals surface area contributed by atoms with Gasteiger partial charge in [-0.2, -0.15) is 0 Å². The van der Waals surface area contributed by atoms with Crippen LogP contribution in [-0.2, 0) is 20.3 Å². The van der Waals surface area contributed by atoms with E-state index in [1.165, 1.54) is 6.26 Å². The summed E-state index contributed by atoms with van der Waals surface area (Å²) in [5, 5.41) is 0. The Morgan fingerprint density at radius 1 is 0.852 bits per heavy atom. The number of hydrogen-bond donors (Lipinski definition) is 0. The molecule has 0 aliphatic heterocycles. The first-order chi connectivity index (χ1) is 12.9. The van der Waals surface area contributed by atoms with E-state index in [0.717, 1.165) is 22.3 Å². The predicted molar refractivity (Wildman–Crippen MR) is 104 cm³/mol. The molecule has 4 nitrogen and oxygen atoms in total. The Balaban J connectivity index is 1.60. The molecule has 0 amide bonds. The summed E-state index contributed by atoms with van der Waals surface area (Å²) in [6.45, 7) is 0. The summed E-state index contributed by atoms with van der Waals surface area (Å²) in [5.41, 5.74) is 5.14. The van der Waals surface area contributed by atoms with Gasteiger partial charge in [0.2, 0.25) is 0 Å². The minimum atomic E-state index is -3.11. The zero-order valence-corrected chi connectivity index (χ0v) is 15.6. The Labute approximate surface area is 158 Å². The molecule has 136 valence electrons. The second-order valence-corrected chi connectivity index (χ2v) is 8.87. The van der Waals surface area contributed by atoms with E-state index >= 15 is 0 Å². The highest BCUT2D eigenvalue weighted by Crippen LogP contribution is 2.45. The number of ether oxygens (including phenoxy) is 1. The molecule has 0 heterocycles. The molecular formula is C22H18O4S. The van der Waals surface area contributed by atoms with E-state index < -0.39 is 21.9 Å². The Bertz CT molecular complexity index is 1070. The van der Waals surface area contributed by atoms with Crippen molar-refractivity contribution in [1.82, 2.24) is 0 Å². The maximum atomic E-state index is 12.7. The zero-order chi connectivity index (χ0) is 19.0. The molecule has 0 aromatic heterocycles. The first-order valence-electron chi connectivity index (χ1n) is 8.58. The van der Waals surface area contributed by atoms with Crippen LogP contribution in [0.2, 0.25) is 0 Å². The average Bonchev–Trinajstić information content (AvgIpc) is 2.95. The maximum Gasteiger partial charge on any atom is 0.339 e. The van der Waals surface area contributed by atoms with Gasteiger partial charge in [0, 0.05) is 17.4 Å². The van der Waals surface area contributed by atoms with Crippen molar-refractivity contribution in [2.24, 2.45) is 0 Å². The summed E-state index contributed by atoms with van der Waals surface area (Å²) >= 11 is 0. The van der Waals surface area contributed by atoms with Gasteiger partial charge in [0.15, 0.2) is 15.9 Å². The molecule has 4 rings (SSSR count). The molecule has 0 saturated heterocycles. The van der Waals surface area contributed by atoms with Crippen LogP contribution in [0.5, 0.6) is 0 Å². The third kappa shape index (κ3) is 3.51. The van der Waals surface area contributed by atoms with Crippen molar-refractivity contribution in [3.05, 3.63) is 95.1 Å². The van der Waals surface area contributed by atoms with Gasteiger partial charge < -0.3 is 4.74 Å². The number of sulfone groups is 1. The molecule has 3 aromatic rings. The Hall–Kier alpha value is -2.92. The number of hydrogen-bond acceptors (Lipinski definition) is 4. The second kappa shape index (κ2) is 6.67. The Morgan fingerprint density at radius 2 is 1.37 bits per heavy atom. The van der Waals surface area contributed by atoms with Crippen LogP contribution >= 0.6 is 0 Å². The summed E-state index contributed by atoms with van der Waals surface area (Å²) in [6, 6.07) is 22.3. The minimum absolute atomic E-state index is 0.0499. The van der Waals surface area contributed by atoms with E-state index in [9.17, 15) is 13.2 Å². The van der Waals surface area contributed by atoms with Crippen molar-refractivity contribution in [2.45, 2.75) is 11.9 Å². The van der Waals surface area contributed by atoms with Crippen LogP contribution in [0.25, 0.3) is 11.1 Å². The van der Waals surface area contributed by atoms with Crippen molar-refractivity contribution >= 4 is 15.8 Å². The molecule has 0 N–H and O–H groups in total. The fraction of sp³-hybridized carbons (Fsp3) is 0.136. The van der Waals surface area contributed by atoms with Crippen LogP contribution in [0.4, 0.5) is 0 Å². The third-order valence-electron chi connectivity index (χ3n) is 4.62. The normalized spacial score (nSPS) is 13.1. The Kier molecular flexibility index (Phi) is 4.32. The molecule has 0 fully saturated rings. The number of carbonyl (C=O) groups excluding carboxylic acids is 1. The van der Waals surface area contributed by atoms with Crippen LogP contribution in [-0.4, -0.2) is 20.6 Å². The van der Waals surface area contributed by atoms with Crippen molar-refractivity contribution in [3.63, 3.8) is 0 Å². The van der Waals surface area contributed by atoms with E-state index in [1.807, 2.05) is 48.5 Å². The molecule has 1 aliphatic rings. The number of fused-ring (bicyclic) bond motifs is 3. The quantitative estimate of drug-likeness (QED) is 0.640. The van der Waals surface area contributed by atoms with E-state index in [2.05, 4.69) is 0 Å². The lowest BCUT2D eigenvalue weighted by Gasteiger charge is -2.15. The summed E-state index contributed by atoms with van der Waals surface area (Å²) in [4.78, 5) is 12.7. The van der Waals surface area contributed by atoms with Gasteiger partial charge >= 0.3 is 5.97 Å².